The van der Waals surface area contributed by atoms with Crippen molar-refractivity contribution in [1.82, 2.24) is 4.98 Å². The number of nitrogens with one attached hydrogen (secondary N) is 2. The van der Waals surface area contributed by atoms with Gasteiger partial charge in [0.2, 0.25) is 0 Å². The van der Waals surface area contributed by atoms with Gasteiger partial charge in [-0.3, -0.25) is 9.78 Å². The van der Waals surface area contributed by atoms with E-state index in [0.717, 1.165) is 39.2 Å². The van der Waals surface area contributed by atoms with Gasteiger partial charge >= 0.3 is 0 Å². The number of carbonyl (C=O) groups is 1. The summed E-state index contributed by atoms with van der Waals surface area (Å²) < 4.78 is 0. The highest BCUT2D eigenvalue weighted by Gasteiger charge is 2.09. The van der Waals surface area contributed by atoms with Gasteiger partial charge in [-0.2, -0.15) is 0 Å². The molecule has 4 aromatic rings. The number of aryl methyl sites for hydroxylation is 3. The van der Waals surface area contributed by atoms with E-state index in [1.54, 1.807) is 0 Å². The van der Waals surface area contributed by atoms with Crippen LogP contribution in [0.15, 0.2) is 85.2 Å². The van der Waals surface area contributed by atoms with Gasteiger partial charge in [0.25, 0.3) is 5.91 Å². The molecule has 3 aromatic carbocycles. The van der Waals surface area contributed by atoms with Crippen LogP contribution < -0.4 is 10.6 Å². The molecule has 32 heavy (non-hydrogen) atoms. The first-order valence-electron chi connectivity index (χ1n) is 10.7. The molecule has 0 fully saturated rings. The lowest BCUT2D eigenvalue weighted by Gasteiger charge is -2.12. The van der Waals surface area contributed by atoms with Crippen LogP contribution in [0.3, 0.4) is 0 Å². The maximum Gasteiger partial charge on any atom is 0.255 e. The molecule has 160 valence electrons. The summed E-state index contributed by atoms with van der Waals surface area (Å²) in [6.07, 6.45) is 3.74. The van der Waals surface area contributed by atoms with Crippen molar-refractivity contribution in [3.05, 3.63) is 113 Å². The van der Waals surface area contributed by atoms with Crippen LogP contribution >= 0.6 is 0 Å². The van der Waals surface area contributed by atoms with E-state index in [-0.39, 0.29) is 5.91 Å². The van der Waals surface area contributed by atoms with E-state index in [4.69, 9.17) is 0 Å². The second kappa shape index (κ2) is 9.48. The topological polar surface area (TPSA) is 54.0 Å². The number of carbonyl (C=O) groups excluding carboxylic acids is 1. The molecule has 4 rings (SSSR count). The standard InChI is InChI=1S/C28H27N3O/c1-19-4-9-23(10-5-19)28(32)31-26-13-8-21(3)27(15-26)24-14-22(16-29-18-24)17-30-25-11-6-20(2)7-12-25/h4-16,18,30H,17H2,1-3H3,(H,31,32). The zero-order valence-electron chi connectivity index (χ0n) is 18.6. The van der Waals surface area contributed by atoms with Crippen LogP contribution in [-0.4, -0.2) is 10.9 Å². The van der Waals surface area contributed by atoms with E-state index in [9.17, 15) is 4.79 Å². The Balaban J connectivity index is 1.51. The van der Waals surface area contributed by atoms with E-state index in [2.05, 4.69) is 59.8 Å². The van der Waals surface area contributed by atoms with Gasteiger partial charge in [0.15, 0.2) is 0 Å². The molecule has 0 atom stereocenters. The van der Waals surface area contributed by atoms with Crippen molar-refractivity contribution in [2.75, 3.05) is 10.6 Å². The van der Waals surface area contributed by atoms with Crippen LogP contribution in [0.25, 0.3) is 11.1 Å². The monoisotopic (exact) mass is 421 g/mol. The SMILES string of the molecule is Cc1ccc(NCc2cncc(-c3cc(NC(=O)c4ccc(C)cc4)ccc3C)c2)cc1. The zero-order valence-corrected chi connectivity index (χ0v) is 18.6. The quantitative estimate of drug-likeness (QED) is 0.372. The van der Waals surface area contributed by atoms with Gasteiger partial charge in [-0.15, -0.1) is 0 Å². The highest BCUT2D eigenvalue weighted by molar-refractivity contribution is 6.04. The third-order valence-corrected chi connectivity index (χ3v) is 5.46. The van der Waals surface area contributed by atoms with E-state index in [1.807, 2.05) is 61.8 Å². The normalized spacial score (nSPS) is 10.6. The summed E-state index contributed by atoms with van der Waals surface area (Å²) in [5.41, 5.74) is 9.15. The van der Waals surface area contributed by atoms with Gasteiger partial charge in [0.05, 0.1) is 0 Å². The maximum absolute atomic E-state index is 12.6. The minimum atomic E-state index is -0.117. The van der Waals surface area contributed by atoms with Gasteiger partial charge in [0.1, 0.15) is 0 Å². The Kier molecular flexibility index (Phi) is 6.31. The predicted octanol–water partition coefficient (Wildman–Crippen LogP) is 6.54. The molecule has 1 aromatic heterocycles. The van der Waals surface area contributed by atoms with Gasteiger partial charge < -0.3 is 10.6 Å². The first kappa shape index (κ1) is 21.3. The lowest BCUT2D eigenvalue weighted by atomic mass is 10.00. The van der Waals surface area contributed by atoms with Gasteiger partial charge in [-0.25, -0.2) is 0 Å². The van der Waals surface area contributed by atoms with Gasteiger partial charge in [0, 0.05) is 41.4 Å². The zero-order chi connectivity index (χ0) is 22.5. The van der Waals surface area contributed by atoms with Crippen molar-refractivity contribution in [3.8, 4) is 11.1 Å². The number of aromatic nitrogens is 1. The summed E-state index contributed by atoms with van der Waals surface area (Å²) >= 11 is 0. The molecule has 0 saturated carbocycles. The number of hydrogen-bond donors (Lipinski definition) is 2. The average Bonchev–Trinajstić information content (AvgIpc) is 2.80. The third kappa shape index (κ3) is 5.22. The van der Waals surface area contributed by atoms with Crippen LogP contribution in [0.4, 0.5) is 11.4 Å². The van der Waals surface area contributed by atoms with E-state index in [0.29, 0.717) is 12.1 Å². The summed E-state index contributed by atoms with van der Waals surface area (Å²) in [5.74, 6) is -0.117. The molecule has 0 radical (unpaired) electrons. The second-order valence-electron chi connectivity index (χ2n) is 8.15. The molecule has 4 heteroatoms. The number of amides is 1. The minimum Gasteiger partial charge on any atom is -0.381 e. The molecular weight excluding hydrogens is 394 g/mol. The Hall–Kier alpha value is -3.92. The number of benzene rings is 3. The lowest BCUT2D eigenvalue weighted by Crippen LogP contribution is -2.11. The fraction of sp³-hybridized carbons (Fsp3) is 0.143. The highest BCUT2D eigenvalue weighted by Crippen LogP contribution is 2.27. The first-order valence-corrected chi connectivity index (χ1v) is 10.7. The van der Waals surface area contributed by atoms with Crippen LogP contribution in [0.1, 0.15) is 32.6 Å². The Bertz CT molecular complexity index is 1230. The van der Waals surface area contributed by atoms with Crippen molar-refractivity contribution < 1.29 is 4.79 Å². The van der Waals surface area contributed by atoms with Crippen molar-refractivity contribution in [3.63, 3.8) is 0 Å². The van der Waals surface area contributed by atoms with Gasteiger partial charge in [-0.1, -0.05) is 41.5 Å². The minimum absolute atomic E-state index is 0.117. The summed E-state index contributed by atoms with van der Waals surface area (Å²) in [6.45, 7) is 6.84. The molecule has 2 N–H and O–H groups in total. The number of anilines is 2. The molecule has 0 bridgehead atoms. The van der Waals surface area contributed by atoms with Crippen LogP contribution in [0.2, 0.25) is 0 Å². The Morgan fingerprint density at radius 1 is 0.781 bits per heavy atom. The first-order chi connectivity index (χ1) is 15.5. The number of rotatable bonds is 6. The Morgan fingerprint density at radius 2 is 1.44 bits per heavy atom. The fourth-order valence-corrected chi connectivity index (χ4v) is 3.53. The molecule has 0 aliphatic carbocycles. The molecule has 0 aliphatic rings. The van der Waals surface area contributed by atoms with Crippen molar-refractivity contribution in [2.24, 2.45) is 0 Å². The number of hydrogen-bond acceptors (Lipinski definition) is 3. The smallest absolute Gasteiger partial charge is 0.255 e. The molecule has 0 unspecified atom stereocenters. The van der Waals surface area contributed by atoms with Crippen LogP contribution in [0, 0.1) is 20.8 Å². The third-order valence-electron chi connectivity index (χ3n) is 5.46. The Morgan fingerprint density at radius 3 is 2.16 bits per heavy atom. The van der Waals surface area contributed by atoms with Crippen LogP contribution in [0.5, 0.6) is 0 Å². The fourth-order valence-electron chi connectivity index (χ4n) is 3.53. The number of nitrogens with zero attached hydrogens (tertiary/aromatic N) is 1. The van der Waals surface area contributed by atoms with E-state index in [1.165, 1.54) is 5.56 Å². The largest absolute Gasteiger partial charge is 0.381 e. The van der Waals surface area contributed by atoms with Crippen LogP contribution in [-0.2, 0) is 6.54 Å². The molecule has 0 saturated heterocycles. The summed E-state index contributed by atoms with van der Waals surface area (Å²) in [4.78, 5) is 17.1. The molecule has 1 amide bonds. The Labute approximate surface area is 189 Å². The summed E-state index contributed by atoms with van der Waals surface area (Å²) in [7, 11) is 0. The summed E-state index contributed by atoms with van der Waals surface area (Å²) in [5, 5.41) is 6.45. The maximum atomic E-state index is 12.6. The molecule has 0 aliphatic heterocycles. The highest BCUT2D eigenvalue weighted by atomic mass is 16.1. The molecule has 4 nitrogen and oxygen atoms in total. The van der Waals surface area contributed by atoms with Gasteiger partial charge in [-0.05, 0) is 79.9 Å². The van der Waals surface area contributed by atoms with Crippen molar-refractivity contribution in [2.45, 2.75) is 27.3 Å². The lowest BCUT2D eigenvalue weighted by molar-refractivity contribution is 0.102. The average molecular weight is 422 g/mol. The van der Waals surface area contributed by atoms with Crippen molar-refractivity contribution in [1.29, 1.82) is 0 Å². The predicted molar refractivity (Wildman–Crippen MR) is 132 cm³/mol. The van der Waals surface area contributed by atoms with Crippen molar-refractivity contribution >= 4 is 17.3 Å². The van der Waals surface area contributed by atoms with E-state index >= 15 is 0 Å². The second-order valence-corrected chi connectivity index (χ2v) is 8.15. The van der Waals surface area contributed by atoms with E-state index < -0.39 is 0 Å². The number of pyridine rings is 1. The summed E-state index contributed by atoms with van der Waals surface area (Å²) in [6, 6.07) is 24.0. The molecule has 0 spiro atoms. The molecule has 1 heterocycles. The molecular formula is C28H27N3O.